The van der Waals surface area contributed by atoms with Gasteiger partial charge in [0.05, 0.1) is 23.0 Å². The van der Waals surface area contributed by atoms with Gasteiger partial charge in [0.15, 0.2) is 9.84 Å². The molecule has 1 N–H and O–H groups in total. The minimum atomic E-state index is -3.25. The van der Waals surface area contributed by atoms with Gasteiger partial charge in [0.25, 0.3) is 0 Å². The zero-order valence-corrected chi connectivity index (χ0v) is 14.8. The zero-order chi connectivity index (χ0) is 17.9. The first-order valence-corrected chi connectivity index (χ1v) is 9.70. The van der Waals surface area contributed by atoms with Crippen molar-refractivity contribution in [1.82, 2.24) is 4.90 Å². The molecule has 2 rings (SSSR count). The van der Waals surface area contributed by atoms with Gasteiger partial charge in [0.1, 0.15) is 0 Å². The third-order valence-corrected chi connectivity index (χ3v) is 6.13. The summed E-state index contributed by atoms with van der Waals surface area (Å²) in [5, 5.41) is 9.18. The number of hydrogen-bond acceptors (Lipinski definition) is 4. The number of piperidine rings is 1. The molecular weight excluding hydrogens is 330 g/mol. The Morgan fingerprint density at radius 1 is 1.21 bits per heavy atom. The Balaban J connectivity index is 2.05. The monoisotopic (exact) mass is 353 g/mol. The van der Waals surface area contributed by atoms with Crippen molar-refractivity contribution in [2.45, 2.75) is 31.6 Å². The summed E-state index contributed by atoms with van der Waals surface area (Å²) in [6, 6.07) is 6.31. The number of carbonyl (C=O) groups is 2. The molecule has 1 saturated heterocycles. The van der Waals surface area contributed by atoms with Gasteiger partial charge in [-0.25, -0.2) is 8.42 Å². The second-order valence-electron chi connectivity index (χ2n) is 6.40. The Kier molecular flexibility index (Phi) is 5.64. The summed E-state index contributed by atoms with van der Waals surface area (Å²) in [4.78, 5) is 25.5. The van der Waals surface area contributed by atoms with Crippen LogP contribution in [0.5, 0.6) is 0 Å². The van der Waals surface area contributed by atoms with Crippen LogP contribution in [0.3, 0.4) is 0 Å². The van der Waals surface area contributed by atoms with Crippen LogP contribution in [0.2, 0.25) is 0 Å². The van der Waals surface area contributed by atoms with Crippen LogP contribution >= 0.6 is 0 Å². The smallest absolute Gasteiger partial charge is 0.308 e. The van der Waals surface area contributed by atoms with Gasteiger partial charge in [0, 0.05) is 13.1 Å². The number of carboxylic acids is 1. The number of rotatable bonds is 5. The van der Waals surface area contributed by atoms with E-state index in [1.807, 2.05) is 6.92 Å². The molecule has 0 bridgehead atoms. The van der Waals surface area contributed by atoms with Crippen molar-refractivity contribution < 1.29 is 23.1 Å². The second-order valence-corrected chi connectivity index (χ2v) is 8.68. The number of likely N-dealkylation sites (tertiary alicyclic amines) is 1. The molecule has 1 heterocycles. The largest absolute Gasteiger partial charge is 0.481 e. The molecule has 6 nitrogen and oxygen atoms in total. The molecule has 0 saturated carbocycles. The molecular formula is C17H23NO5S. The quantitative estimate of drug-likeness (QED) is 0.868. The van der Waals surface area contributed by atoms with Gasteiger partial charge >= 0.3 is 5.97 Å². The number of carboxylic acid groups (broad SMARTS) is 1. The highest BCUT2D eigenvalue weighted by atomic mass is 32.2. The Morgan fingerprint density at radius 2 is 1.83 bits per heavy atom. The normalized spacial score (nSPS) is 21.5. The van der Waals surface area contributed by atoms with Gasteiger partial charge in [-0.1, -0.05) is 26.0 Å². The Hall–Kier alpha value is -1.89. The minimum Gasteiger partial charge on any atom is -0.481 e. The topological polar surface area (TPSA) is 91.8 Å². The zero-order valence-electron chi connectivity index (χ0n) is 13.9. The van der Waals surface area contributed by atoms with Gasteiger partial charge in [-0.15, -0.1) is 0 Å². The third-order valence-electron chi connectivity index (χ3n) is 4.38. The predicted molar refractivity (Wildman–Crippen MR) is 89.4 cm³/mol. The van der Waals surface area contributed by atoms with Crippen LogP contribution in [0.1, 0.15) is 25.8 Å². The van der Waals surface area contributed by atoms with Crippen LogP contribution in [-0.2, 0) is 25.8 Å². The molecule has 132 valence electrons. The Labute approximate surface area is 142 Å². The van der Waals surface area contributed by atoms with Crippen LogP contribution < -0.4 is 0 Å². The van der Waals surface area contributed by atoms with E-state index >= 15 is 0 Å². The highest BCUT2D eigenvalue weighted by Crippen LogP contribution is 2.22. The Bertz CT molecular complexity index is 711. The molecule has 1 amide bonds. The number of benzene rings is 1. The fraction of sp³-hybridized carbons (Fsp3) is 0.529. The molecule has 0 aromatic heterocycles. The molecule has 24 heavy (non-hydrogen) atoms. The predicted octanol–water partition coefficient (Wildman–Crippen LogP) is 1.59. The van der Waals surface area contributed by atoms with Gasteiger partial charge < -0.3 is 10.0 Å². The fourth-order valence-corrected chi connectivity index (χ4v) is 3.89. The van der Waals surface area contributed by atoms with Crippen molar-refractivity contribution in [2.24, 2.45) is 11.8 Å². The number of aliphatic carboxylic acids is 1. The number of hydrogen-bond donors (Lipinski definition) is 1. The van der Waals surface area contributed by atoms with Gasteiger partial charge in [-0.2, -0.15) is 0 Å². The van der Waals surface area contributed by atoms with E-state index in [9.17, 15) is 23.1 Å². The standard InChI is InChI=1S/C17H23NO5S/c1-3-24(22,23)15-6-4-13(5-7-15)9-16(19)18-10-12(2)8-14(11-18)17(20)21/h4-7,12,14H,3,8-11H2,1-2H3,(H,20,21). The van der Waals surface area contributed by atoms with E-state index in [2.05, 4.69) is 0 Å². The average Bonchev–Trinajstić information content (AvgIpc) is 2.54. The number of carbonyl (C=O) groups excluding carboxylic acids is 1. The van der Waals surface area contributed by atoms with E-state index in [0.717, 1.165) is 5.56 Å². The summed E-state index contributed by atoms with van der Waals surface area (Å²) < 4.78 is 23.6. The van der Waals surface area contributed by atoms with E-state index in [1.54, 1.807) is 24.0 Å². The van der Waals surface area contributed by atoms with Crippen molar-refractivity contribution in [2.75, 3.05) is 18.8 Å². The molecule has 0 spiro atoms. The summed E-state index contributed by atoms with van der Waals surface area (Å²) in [5.74, 6) is -1.32. The minimum absolute atomic E-state index is 0.0352. The molecule has 7 heteroatoms. The first kappa shape index (κ1) is 18.4. The Morgan fingerprint density at radius 3 is 2.38 bits per heavy atom. The number of sulfone groups is 1. The van der Waals surface area contributed by atoms with E-state index < -0.39 is 21.7 Å². The lowest BCUT2D eigenvalue weighted by Crippen LogP contribution is -2.46. The maximum Gasteiger partial charge on any atom is 0.308 e. The summed E-state index contributed by atoms with van der Waals surface area (Å²) in [5.41, 5.74) is 0.722. The fourth-order valence-electron chi connectivity index (χ4n) is 3.00. The molecule has 1 aliphatic heterocycles. The van der Waals surface area contributed by atoms with Crippen LogP contribution in [0.15, 0.2) is 29.2 Å². The maximum atomic E-state index is 12.4. The van der Waals surface area contributed by atoms with E-state index in [4.69, 9.17) is 0 Å². The third kappa shape index (κ3) is 4.35. The molecule has 2 atom stereocenters. The van der Waals surface area contributed by atoms with Crippen LogP contribution in [0.25, 0.3) is 0 Å². The van der Waals surface area contributed by atoms with Crippen LogP contribution in [0.4, 0.5) is 0 Å². The van der Waals surface area contributed by atoms with E-state index in [0.29, 0.717) is 13.0 Å². The van der Waals surface area contributed by atoms with Crippen LogP contribution in [0, 0.1) is 11.8 Å². The van der Waals surface area contributed by atoms with Gasteiger partial charge in [0.2, 0.25) is 5.91 Å². The van der Waals surface area contributed by atoms with Crippen molar-refractivity contribution in [1.29, 1.82) is 0 Å². The highest BCUT2D eigenvalue weighted by molar-refractivity contribution is 7.91. The van der Waals surface area contributed by atoms with E-state index in [1.165, 1.54) is 12.1 Å². The molecule has 1 aliphatic rings. The molecule has 1 aromatic carbocycles. The van der Waals surface area contributed by atoms with Crippen molar-refractivity contribution in [3.63, 3.8) is 0 Å². The first-order chi connectivity index (χ1) is 11.2. The van der Waals surface area contributed by atoms with Crippen molar-refractivity contribution >= 4 is 21.7 Å². The SMILES string of the molecule is CCS(=O)(=O)c1ccc(CC(=O)N2CC(C)CC(C(=O)O)C2)cc1. The number of amides is 1. The lowest BCUT2D eigenvalue weighted by Gasteiger charge is -2.34. The average molecular weight is 353 g/mol. The van der Waals surface area contributed by atoms with Gasteiger partial charge in [-0.05, 0) is 30.0 Å². The first-order valence-electron chi connectivity index (χ1n) is 8.05. The van der Waals surface area contributed by atoms with Crippen molar-refractivity contribution in [3.05, 3.63) is 29.8 Å². The molecule has 2 unspecified atom stereocenters. The lowest BCUT2D eigenvalue weighted by molar-refractivity contribution is -0.146. The van der Waals surface area contributed by atoms with Crippen LogP contribution in [-0.4, -0.2) is 49.1 Å². The summed E-state index contributed by atoms with van der Waals surface area (Å²) in [7, 11) is -3.25. The summed E-state index contributed by atoms with van der Waals surface area (Å²) >= 11 is 0. The van der Waals surface area contributed by atoms with Gasteiger partial charge in [-0.3, -0.25) is 9.59 Å². The summed E-state index contributed by atoms with van der Waals surface area (Å²) in [6.45, 7) is 4.33. The summed E-state index contributed by atoms with van der Waals surface area (Å²) in [6.07, 6.45) is 0.730. The number of nitrogens with zero attached hydrogens (tertiary/aromatic N) is 1. The van der Waals surface area contributed by atoms with E-state index in [-0.39, 0.29) is 35.4 Å². The highest BCUT2D eigenvalue weighted by Gasteiger charge is 2.31. The molecule has 1 aromatic rings. The molecule has 0 aliphatic carbocycles. The molecule has 0 radical (unpaired) electrons. The maximum absolute atomic E-state index is 12.4. The second kappa shape index (κ2) is 7.34. The lowest BCUT2D eigenvalue weighted by atomic mass is 9.90. The van der Waals surface area contributed by atoms with Crippen molar-refractivity contribution in [3.8, 4) is 0 Å². The molecule has 1 fully saturated rings.